The Morgan fingerprint density at radius 3 is 2.38 bits per heavy atom. The van der Waals surface area contributed by atoms with Crippen molar-refractivity contribution >= 4 is 11.6 Å². The first-order valence-electron chi connectivity index (χ1n) is 7.85. The molecule has 3 rings (SSSR count). The molecule has 2 aromatic carbocycles. The van der Waals surface area contributed by atoms with E-state index in [1.165, 1.54) is 4.68 Å². The maximum atomic E-state index is 12.2. The molecular formula is C18H19N5O. The molecule has 1 aromatic heterocycles. The number of carbonyl (C=O) groups excluding carboxylic acids is 1. The van der Waals surface area contributed by atoms with Crippen LogP contribution >= 0.6 is 0 Å². The molecule has 6 nitrogen and oxygen atoms in total. The van der Waals surface area contributed by atoms with Gasteiger partial charge in [0.15, 0.2) is 5.82 Å². The number of nitrogens with one attached hydrogen (secondary N) is 1. The average Bonchev–Trinajstić information content (AvgIpc) is 3.04. The number of amides is 1. The fraction of sp³-hybridized carbons (Fsp3) is 0.222. The maximum absolute atomic E-state index is 12.2. The highest BCUT2D eigenvalue weighted by atomic mass is 16.2. The van der Waals surface area contributed by atoms with Gasteiger partial charge in [-0.3, -0.25) is 4.79 Å². The minimum atomic E-state index is -0.156. The van der Waals surface area contributed by atoms with Crippen LogP contribution in [0.2, 0.25) is 0 Å². The van der Waals surface area contributed by atoms with Crippen LogP contribution in [0, 0.1) is 0 Å². The van der Waals surface area contributed by atoms with Crippen molar-refractivity contribution in [2.24, 2.45) is 0 Å². The van der Waals surface area contributed by atoms with E-state index in [4.69, 9.17) is 0 Å². The lowest BCUT2D eigenvalue weighted by Gasteiger charge is -2.09. The van der Waals surface area contributed by atoms with E-state index >= 15 is 0 Å². The molecule has 0 bridgehead atoms. The van der Waals surface area contributed by atoms with Crippen LogP contribution in [-0.2, 0) is 11.3 Å². The van der Waals surface area contributed by atoms with Gasteiger partial charge >= 0.3 is 0 Å². The first-order chi connectivity index (χ1) is 11.6. The Labute approximate surface area is 140 Å². The quantitative estimate of drug-likeness (QED) is 0.783. The summed E-state index contributed by atoms with van der Waals surface area (Å²) in [7, 11) is 0. The van der Waals surface area contributed by atoms with Gasteiger partial charge in [-0.1, -0.05) is 56.3 Å². The average molecular weight is 321 g/mol. The molecule has 6 heteroatoms. The van der Waals surface area contributed by atoms with Gasteiger partial charge in [0.1, 0.15) is 6.54 Å². The molecule has 0 saturated heterocycles. The lowest BCUT2D eigenvalue weighted by Crippen LogP contribution is -2.21. The number of tetrazole rings is 1. The van der Waals surface area contributed by atoms with E-state index in [2.05, 4.69) is 33.0 Å². The number of carbonyl (C=O) groups is 1. The number of aromatic nitrogens is 4. The van der Waals surface area contributed by atoms with E-state index < -0.39 is 0 Å². The van der Waals surface area contributed by atoms with Crippen molar-refractivity contribution in [1.82, 2.24) is 20.2 Å². The summed E-state index contributed by atoms with van der Waals surface area (Å²) in [5.41, 5.74) is 3.00. The van der Waals surface area contributed by atoms with Crippen LogP contribution in [0.1, 0.15) is 25.6 Å². The first-order valence-corrected chi connectivity index (χ1v) is 7.85. The normalized spacial score (nSPS) is 10.8. The topological polar surface area (TPSA) is 72.7 Å². The van der Waals surface area contributed by atoms with Crippen molar-refractivity contribution in [3.63, 3.8) is 0 Å². The number of hydrogen-bond acceptors (Lipinski definition) is 4. The molecule has 0 aliphatic carbocycles. The van der Waals surface area contributed by atoms with Crippen molar-refractivity contribution < 1.29 is 4.79 Å². The summed E-state index contributed by atoms with van der Waals surface area (Å²) in [6.45, 7) is 4.08. The van der Waals surface area contributed by atoms with Gasteiger partial charge in [-0.2, -0.15) is 0 Å². The van der Waals surface area contributed by atoms with Gasteiger partial charge in [0.25, 0.3) is 0 Å². The standard InChI is InChI=1S/C18H19N5O/c1-13(2)18-20-21-22-23(18)12-17(24)19-16-10-8-15(9-11-16)14-6-4-3-5-7-14/h3-11,13H,12H2,1-2H3,(H,19,24). The van der Waals surface area contributed by atoms with E-state index in [0.29, 0.717) is 5.82 Å². The van der Waals surface area contributed by atoms with E-state index in [9.17, 15) is 4.79 Å². The minimum absolute atomic E-state index is 0.0982. The van der Waals surface area contributed by atoms with Gasteiger partial charge in [-0.05, 0) is 33.7 Å². The highest BCUT2D eigenvalue weighted by Gasteiger charge is 2.13. The molecule has 0 aliphatic rings. The molecule has 0 fully saturated rings. The zero-order valence-electron chi connectivity index (χ0n) is 13.7. The maximum Gasteiger partial charge on any atom is 0.246 e. The molecule has 0 atom stereocenters. The van der Waals surface area contributed by atoms with Gasteiger partial charge in [0.05, 0.1) is 0 Å². The van der Waals surface area contributed by atoms with E-state index in [-0.39, 0.29) is 18.4 Å². The number of hydrogen-bond donors (Lipinski definition) is 1. The molecule has 3 aromatic rings. The second-order valence-corrected chi connectivity index (χ2v) is 5.84. The van der Waals surface area contributed by atoms with Gasteiger partial charge in [-0.25, -0.2) is 4.68 Å². The Kier molecular flexibility index (Phi) is 4.65. The van der Waals surface area contributed by atoms with Crippen molar-refractivity contribution in [3.05, 3.63) is 60.4 Å². The van der Waals surface area contributed by atoms with Gasteiger partial charge in [0, 0.05) is 11.6 Å². The van der Waals surface area contributed by atoms with Crippen LogP contribution in [0.3, 0.4) is 0 Å². The first kappa shape index (κ1) is 15.9. The van der Waals surface area contributed by atoms with Gasteiger partial charge in [-0.15, -0.1) is 5.10 Å². The Morgan fingerprint density at radius 2 is 1.71 bits per heavy atom. The van der Waals surface area contributed by atoms with Crippen LogP contribution in [0.25, 0.3) is 11.1 Å². The Balaban J connectivity index is 1.65. The van der Waals surface area contributed by atoms with E-state index in [0.717, 1.165) is 16.8 Å². The molecule has 0 radical (unpaired) electrons. The number of nitrogens with zero attached hydrogens (tertiary/aromatic N) is 4. The van der Waals surface area contributed by atoms with Crippen molar-refractivity contribution in [2.45, 2.75) is 26.3 Å². The highest BCUT2D eigenvalue weighted by Crippen LogP contribution is 2.21. The predicted molar refractivity (Wildman–Crippen MR) is 92.4 cm³/mol. The Hall–Kier alpha value is -3.02. The van der Waals surface area contributed by atoms with Crippen LogP contribution < -0.4 is 5.32 Å². The lowest BCUT2D eigenvalue weighted by molar-refractivity contribution is -0.117. The smallest absolute Gasteiger partial charge is 0.246 e. The SMILES string of the molecule is CC(C)c1nnnn1CC(=O)Nc1ccc(-c2ccccc2)cc1. The van der Waals surface area contributed by atoms with Crippen molar-refractivity contribution in [1.29, 1.82) is 0 Å². The summed E-state index contributed by atoms with van der Waals surface area (Å²) in [5.74, 6) is 0.708. The van der Waals surface area contributed by atoms with Crippen LogP contribution in [0.5, 0.6) is 0 Å². The van der Waals surface area contributed by atoms with Crippen LogP contribution in [0.15, 0.2) is 54.6 Å². The lowest BCUT2D eigenvalue weighted by atomic mass is 10.1. The third kappa shape index (κ3) is 3.65. The predicted octanol–water partition coefficient (Wildman–Crippen LogP) is 3.10. The molecule has 0 spiro atoms. The third-order valence-electron chi connectivity index (χ3n) is 3.65. The number of benzene rings is 2. The summed E-state index contributed by atoms with van der Waals surface area (Å²) in [6, 6.07) is 17.9. The summed E-state index contributed by atoms with van der Waals surface area (Å²) >= 11 is 0. The zero-order chi connectivity index (χ0) is 16.9. The minimum Gasteiger partial charge on any atom is -0.324 e. The summed E-state index contributed by atoms with van der Waals surface area (Å²) in [4.78, 5) is 12.2. The molecular weight excluding hydrogens is 302 g/mol. The van der Waals surface area contributed by atoms with Crippen LogP contribution in [0.4, 0.5) is 5.69 Å². The Bertz CT molecular complexity index is 809. The van der Waals surface area contributed by atoms with E-state index in [1.807, 2.05) is 56.3 Å². The summed E-state index contributed by atoms with van der Waals surface area (Å²) < 4.78 is 1.53. The molecule has 1 heterocycles. The molecule has 24 heavy (non-hydrogen) atoms. The second kappa shape index (κ2) is 7.04. The highest BCUT2D eigenvalue weighted by molar-refractivity contribution is 5.90. The summed E-state index contributed by atoms with van der Waals surface area (Å²) in [5, 5.41) is 14.3. The van der Waals surface area contributed by atoms with Gasteiger partial charge < -0.3 is 5.32 Å². The van der Waals surface area contributed by atoms with Crippen molar-refractivity contribution in [3.8, 4) is 11.1 Å². The second-order valence-electron chi connectivity index (χ2n) is 5.84. The monoisotopic (exact) mass is 321 g/mol. The van der Waals surface area contributed by atoms with Crippen LogP contribution in [-0.4, -0.2) is 26.1 Å². The van der Waals surface area contributed by atoms with E-state index in [1.54, 1.807) is 0 Å². The molecule has 0 saturated carbocycles. The molecule has 1 N–H and O–H groups in total. The van der Waals surface area contributed by atoms with Gasteiger partial charge in [0.2, 0.25) is 5.91 Å². The molecule has 0 aliphatic heterocycles. The molecule has 0 unspecified atom stereocenters. The van der Waals surface area contributed by atoms with Crippen molar-refractivity contribution in [2.75, 3.05) is 5.32 Å². The Morgan fingerprint density at radius 1 is 1.04 bits per heavy atom. The summed E-state index contributed by atoms with van der Waals surface area (Å²) in [6.07, 6.45) is 0. The fourth-order valence-corrected chi connectivity index (χ4v) is 2.45. The largest absolute Gasteiger partial charge is 0.324 e. The number of rotatable bonds is 5. The third-order valence-corrected chi connectivity index (χ3v) is 3.65. The fourth-order valence-electron chi connectivity index (χ4n) is 2.45. The number of anilines is 1. The zero-order valence-corrected chi connectivity index (χ0v) is 13.7. The molecule has 1 amide bonds. The molecule has 122 valence electrons.